The number of rotatable bonds is 4. The normalized spacial score (nSPS) is 13.9. The summed E-state index contributed by atoms with van der Waals surface area (Å²) in [4.78, 5) is 24.4. The lowest BCUT2D eigenvalue weighted by molar-refractivity contribution is 0.102. The van der Waals surface area contributed by atoms with Gasteiger partial charge in [0, 0.05) is 30.4 Å². The van der Waals surface area contributed by atoms with E-state index >= 15 is 0 Å². The van der Waals surface area contributed by atoms with Crippen LogP contribution in [-0.2, 0) is 4.74 Å². The van der Waals surface area contributed by atoms with Crippen molar-refractivity contribution in [2.75, 3.05) is 36.5 Å². The van der Waals surface area contributed by atoms with Gasteiger partial charge in [-0.15, -0.1) is 0 Å². The Morgan fingerprint density at radius 1 is 0.966 bits per heavy atom. The number of anilines is 2. The van der Waals surface area contributed by atoms with Crippen LogP contribution in [0.25, 0.3) is 11.4 Å². The number of nitrogens with one attached hydrogen (secondary N) is 1. The van der Waals surface area contributed by atoms with Crippen molar-refractivity contribution in [1.82, 2.24) is 9.97 Å². The lowest BCUT2D eigenvalue weighted by Gasteiger charge is -2.28. The summed E-state index contributed by atoms with van der Waals surface area (Å²) in [6.45, 7) is 6.85. The van der Waals surface area contributed by atoms with E-state index in [0.29, 0.717) is 24.7 Å². The molecule has 6 heteroatoms. The van der Waals surface area contributed by atoms with E-state index in [4.69, 9.17) is 9.72 Å². The molecule has 0 spiro atoms. The van der Waals surface area contributed by atoms with Crippen LogP contribution in [0.15, 0.2) is 54.6 Å². The van der Waals surface area contributed by atoms with Crippen LogP contribution >= 0.6 is 0 Å². The topological polar surface area (TPSA) is 67.4 Å². The van der Waals surface area contributed by atoms with Gasteiger partial charge >= 0.3 is 0 Å². The zero-order valence-corrected chi connectivity index (χ0v) is 16.7. The Balaban J connectivity index is 1.68. The highest BCUT2D eigenvalue weighted by Gasteiger charge is 2.18. The molecule has 4 rings (SSSR count). The van der Waals surface area contributed by atoms with Crippen LogP contribution in [0.2, 0.25) is 0 Å². The first-order chi connectivity index (χ1) is 14.1. The lowest BCUT2D eigenvalue weighted by Crippen LogP contribution is -2.37. The van der Waals surface area contributed by atoms with E-state index in [1.807, 2.05) is 62.4 Å². The number of hydrogen-bond acceptors (Lipinski definition) is 5. The first-order valence-corrected chi connectivity index (χ1v) is 9.76. The molecular formula is C23H24N4O2. The molecule has 148 valence electrons. The van der Waals surface area contributed by atoms with Crippen LogP contribution in [-0.4, -0.2) is 42.2 Å². The van der Waals surface area contributed by atoms with Crippen molar-refractivity contribution in [2.45, 2.75) is 13.8 Å². The van der Waals surface area contributed by atoms with Gasteiger partial charge in [-0.05, 0) is 37.1 Å². The van der Waals surface area contributed by atoms with Gasteiger partial charge in [0.1, 0.15) is 11.5 Å². The van der Waals surface area contributed by atoms with Gasteiger partial charge in [0.2, 0.25) is 0 Å². The molecule has 29 heavy (non-hydrogen) atoms. The number of carbonyl (C=O) groups is 1. The maximum absolute atomic E-state index is 13.0. The Kier molecular flexibility index (Phi) is 5.53. The molecule has 0 atom stereocenters. The molecule has 0 radical (unpaired) electrons. The molecule has 1 saturated heterocycles. The smallest absolute Gasteiger partial charge is 0.274 e. The third-order valence-corrected chi connectivity index (χ3v) is 5.08. The van der Waals surface area contributed by atoms with Gasteiger partial charge in [0.05, 0.1) is 13.2 Å². The monoisotopic (exact) mass is 388 g/mol. The fourth-order valence-corrected chi connectivity index (χ4v) is 3.24. The third-order valence-electron chi connectivity index (χ3n) is 5.08. The molecular weight excluding hydrogens is 364 g/mol. The third kappa shape index (κ3) is 4.43. The SMILES string of the molecule is Cc1ccc(NC(=O)c2cc(N3CCOCC3)nc(-c3ccccc3)n2)cc1C. The number of aromatic nitrogens is 2. The average molecular weight is 388 g/mol. The number of benzene rings is 2. The van der Waals surface area contributed by atoms with Crippen molar-refractivity contribution in [3.63, 3.8) is 0 Å². The van der Waals surface area contributed by atoms with E-state index < -0.39 is 0 Å². The van der Waals surface area contributed by atoms with Crippen molar-refractivity contribution in [3.05, 3.63) is 71.4 Å². The Morgan fingerprint density at radius 2 is 1.72 bits per heavy atom. The van der Waals surface area contributed by atoms with Gasteiger partial charge in [-0.2, -0.15) is 0 Å². The van der Waals surface area contributed by atoms with Crippen LogP contribution < -0.4 is 10.2 Å². The molecule has 6 nitrogen and oxygen atoms in total. The minimum atomic E-state index is -0.248. The second kappa shape index (κ2) is 8.41. The molecule has 1 aromatic heterocycles. The van der Waals surface area contributed by atoms with Gasteiger partial charge in [-0.1, -0.05) is 36.4 Å². The Morgan fingerprint density at radius 3 is 2.45 bits per heavy atom. The van der Waals surface area contributed by atoms with Crippen LogP contribution in [0.3, 0.4) is 0 Å². The highest BCUT2D eigenvalue weighted by atomic mass is 16.5. The predicted molar refractivity (Wildman–Crippen MR) is 114 cm³/mol. The molecule has 2 aromatic carbocycles. The summed E-state index contributed by atoms with van der Waals surface area (Å²) in [6, 6.07) is 17.4. The van der Waals surface area contributed by atoms with Crippen molar-refractivity contribution >= 4 is 17.4 Å². The van der Waals surface area contributed by atoms with E-state index in [0.717, 1.165) is 35.7 Å². The first-order valence-electron chi connectivity index (χ1n) is 9.76. The van der Waals surface area contributed by atoms with Crippen LogP contribution in [0.4, 0.5) is 11.5 Å². The maximum Gasteiger partial charge on any atom is 0.274 e. The summed E-state index contributed by atoms with van der Waals surface area (Å²) < 4.78 is 5.45. The molecule has 1 fully saturated rings. The summed E-state index contributed by atoms with van der Waals surface area (Å²) in [7, 11) is 0. The highest BCUT2D eigenvalue weighted by Crippen LogP contribution is 2.22. The summed E-state index contributed by atoms with van der Waals surface area (Å²) in [5, 5.41) is 2.96. The molecule has 1 amide bonds. The van der Waals surface area contributed by atoms with E-state index in [1.54, 1.807) is 6.07 Å². The molecule has 0 bridgehead atoms. The van der Waals surface area contributed by atoms with Gasteiger partial charge in [-0.25, -0.2) is 9.97 Å². The minimum Gasteiger partial charge on any atom is -0.378 e. The number of hydrogen-bond donors (Lipinski definition) is 1. The van der Waals surface area contributed by atoms with Crippen molar-refractivity contribution in [2.24, 2.45) is 0 Å². The van der Waals surface area contributed by atoms with Gasteiger partial charge in [-0.3, -0.25) is 4.79 Å². The second-order valence-electron chi connectivity index (χ2n) is 7.15. The standard InChI is InChI=1S/C23H24N4O2/c1-16-8-9-19(14-17(16)2)24-23(28)20-15-21(27-10-12-29-13-11-27)26-22(25-20)18-6-4-3-5-7-18/h3-9,14-15H,10-13H2,1-2H3,(H,24,28). The van der Waals surface area contributed by atoms with Crippen molar-refractivity contribution in [3.8, 4) is 11.4 Å². The molecule has 1 N–H and O–H groups in total. The van der Waals surface area contributed by atoms with Crippen molar-refractivity contribution in [1.29, 1.82) is 0 Å². The molecule has 2 heterocycles. The fraction of sp³-hybridized carbons (Fsp3) is 0.261. The van der Waals surface area contributed by atoms with Crippen LogP contribution in [0.1, 0.15) is 21.6 Å². The number of amides is 1. The summed E-state index contributed by atoms with van der Waals surface area (Å²) in [6.07, 6.45) is 0. The Hall–Kier alpha value is -3.25. The quantitative estimate of drug-likeness (QED) is 0.735. The number of nitrogens with zero attached hydrogens (tertiary/aromatic N) is 3. The molecule has 1 aliphatic rings. The number of ether oxygens (including phenoxy) is 1. The Labute approximate surface area is 170 Å². The Bertz CT molecular complexity index is 1010. The largest absolute Gasteiger partial charge is 0.378 e. The highest BCUT2D eigenvalue weighted by molar-refractivity contribution is 6.03. The van der Waals surface area contributed by atoms with Gasteiger partial charge < -0.3 is 15.0 Å². The molecule has 0 saturated carbocycles. The lowest BCUT2D eigenvalue weighted by atomic mass is 10.1. The van der Waals surface area contributed by atoms with Crippen molar-refractivity contribution < 1.29 is 9.53 Å². The zero-order valence-electron chi connectivity index (χ0n) is 16.7. The van der Waals surface area contributed by atoms with E-state index in [1.165, 1.54) is 5.56 Å². The number of morpholine rings is 1. The summed E-state index contributed by atoms with van der Waals surface area (Å²) in [5.74, 6) is 1.04. The minimum absolute atomic E-state index is 0.248. The van der Waals surface area contributed by atoms with E-state index in [9.17, 15) is 4.79 Å². The summed E-state index contributed by atoms with van der Waals surface area (Å²) >= 11 is 0. The first kappa shape index (κ1) is 19.1. The zero-order chi connectivity index (χ0) is 20.2. The van der Waals surface area contributed by atoms with Gasteiger partial charge in [0.15, 0.2) is 5.82 Å². The van der Waals surface area contributed by atoms with Crippen LogP contribution in [0, 0.1) is 13.8 Å². The number of aryl methyl sites for hydroxylation is 2. The average Bonchev–Trinajstić information content (AvgIpc) is 2.77. The molecule has 1 aliphatic heterocycles. The van der Waals surface area contributed by atoms with Gasteiger partial charge in [0.25, 0.3) is 5.91 Å². The molecule has 0 unspecified atom stereocenters. The number of carbonyl (C=O) groups excluding carboxylic acids is 1. The summed E-state index contributed by atoms with van der Waals surface area (Å²) in [5.41, 5.74) is 4.29. The second-order valence-corrected chi connectivity index (χ2v) is 7.15. The fourth-order valence-electron chi connectivity index (χ4n) is 3.24. The maximum atomic E-state index is 13.0. The van der Waals surface area contributed by atoms with E-state index in [-0.39, 0.29) is 5.91 Å². The predicted octanol–water partition coefficient (Wildman–Crippen LogP) is 3.85. The van der Waals surface area contributed by atoms with Crippen LogP contribution in [0.5, 0.6) is 0 Å². The molecule has 0 aliphatic carbocycles. The molecule has 3 aromatic rings. The van der Waals surface area contributed by atoms with E-state index in [2.05, 4.69) is 15.2 Å².